The molecule has 2 aromatic carbocycles. The summed E-state index contributed by atoms with van der Waals surface area (Å²) in [5, 5.41) is 0. The Hall–Kier alpha value is -2.13. The van der Waals surface area contributed by atoms with Gasteiger partial charge >= 0.3 is 0 Å². The van der Waals surface area contributed by atoms with Crippen molar-refractivity contribution in [2.24, 2.45) is 0 Å². The first-order valence-electron chi connectivity index (χ1n) is 9.47. The van der Waals surface area contributed by atoms with E-state index in [2.05, 4.69) is 81.1 Å². The van der Waals surface area contributed by atoms with Gasteiger partial charge in [-0.2, -0.15) is 0 Å². The molecule has 0 bridgehead atoms. The van der Waals surface area contributed by atoms with E-state index in [0.717, 1.165) is 18.5 Å². The lowest BCUT2D eigenvalue weighted by atomic mass is 9.87. The molecule has 2 rings (SSSR count). The van der Waals surface area contributed by atoms with E-state index in [1.807, 2.05) is 6.07 Å². The van der Waals surface area contributed by atoms with Crippen LogP contribution >= 0.6 is 0 Å². The van der Waals surface area contributed by atoms with Gasteiger partial charge in [-0.25, -0.2) is 0 Å². The number of hydrogen-bond acceptors (Lipinski definition) is 3. The van der Waals surface area contributed by atoms with Crippen LogP contribution in [0, 0.1) is 0 Å². The first-order chi connectivity index (χ1) is 12.5. The fourth-order valence-corrected chi connectivity index (χ4v) is 3.63. The molecule has 0 aliphatic carbocycles. The maximum Gasteiger partial charge on any atom is 0.293 e. The van der Waals surface area contributed by atoms with Gasteiger partial charge in [0, 0.05) is 18.0 Å². The van der Waals surface area contributed by atoms with E-state index < -0.39 is 0 Å². The smallest absolute Gasteiger partial charge is 0.293 e. The van der Waals surface area contributed by atoms with E-state index in [-0.39, 0.29) is 0 Å². The molecule has 1 atom stereocenters. The van der Waals surface area contributed by atoms with Gasteiger partial charge in [0.2, 0.25) is 0 Å². The monoisotopic (exact) mass is 353 g/mol. The molecule has 3 nitrogen and oxygen atoms in total. The lowest BCUT2D eigenvalue weighted by Gasteiger charge is -2.32. The highest BCUT2D eigenvalue weighted by Gasteiger charge is 2.19. The summed E-state index contributed by atoms with van der Waals surface area (Å²) in [7, 11) is 0. The highest BCUT2D eigenvalue weighted by atomic mass is 16.5. The number of rotatable bonds is 10. The maximum absolute atomic E-state index is 10.5. The van der Waals surface area contributed by atoms with Gasteiger partial charge < -0.3 is 4.74 Å². The summed E-state index contributed by atoms with van der Waals surface area (Å²) in [6, 6.07) is 20.1. The molecule has 0 N–H and O–H groups in total. The van der Waals surface area contributed by atoms with Crippen molar-refractivity contribution in [3.63, 3.8) is 0 Å². The zero-order chi connectivity index (χ0) is 18.9. The van der Waals surface area contributed by atoms with Crippen molar-refractivity contribution in [2.45, 2.75) is 58.7 Å². The van der Waals surface area contributed by atoms with E-state index in [9.17, 15) is 4.79 Å². The third-order valence-corrected chi connectivity index (χ3v) is 4.88. The molecule has 0 fully saturated rings. The molecule has 3 heteroatoms. The van der Waals surface area contributed by atoms with Gasteiger partial charge in [0.05, 0.1) is 0 Å². The first kappa shape index (κ1) is 20.2. The van der Waals surface area contributed by atoms with Gasteiger partial charge in [-0.3, -0.25) is 9.69 Å². The molecule has 0 aromatic heterocycles. The molecule has 2 aromatic rings. The van der Waals surface area contributed by atoms with Crippen molar-refractivity contribution in [3.05, 3.63) is 71.3 Å². The van der Waals surface area contributed by atoms with E-state index in [1.54, 1.807) is 0 Å². The Kier molecular flexibility index (Phi) is 7.86. The van der Waals surface area contributed by atoms with Crippen LogP contribution < -0.4 is 0 Å². The molecule has 0 radical (unpaired) electrons. The van der Waals surface area contributed by atoms with Crippen molar-refractivity contribution < 1.29 is 9.53 Å². The summed E-state index contributed by atoms with van der Waals surface area (Å²) < 4.78 is 4.93. The van der Waals surface area contributed by atoms with Crippen LogP contribution in [-0.4, -0.2) is 30.0 Å². The van der Waals surface area contributed by atoms with Crippen LogP contribution in [0.3, 0.4) is 0 Å². The molecule has 0 saturated carbocycles. The third kappa shape index (κ3) is 5.70. The SMILES string of the molecule is CC(C)N(CCC(c1ccccc1)c1cccc(COC=O)c1)C(C)C. The Morgan fingerprint density at radius 3 is 2.19 bits per heavy atom. The van der Waals surface area contributed by atoms with Crippen LogP contribution in [0.15, 0.2) is 54.6 Å². The van der Waals surface area contributed by atoms with E-state index in [0.29, 0.717) is 31.1 Å². The van der Waals surface area contributed by atoms with Crippen LogP contribution in [0.4, 0.5) is 0 Å². The lowest BCUT2D eigenvalue weighted by Crippen LogP contribution is -2.38. The average Bonchev–Trinajstić information content (AvgIpc) is 2.64. The van der Waals surface area contributed by atoms with Gasteiger partial charge in [0.15, 0.2) is 0 Å². The molecule has 0 aliphatic heterocycles. The Balaban J connectivity index is 2.26. The molecule has 0 aliphatic rings. The highest BCUT2D eigenvalue weighted by Crippen LogP contribution is 2.29. The molecule has 0 heterocycles. The summed E-state index contributed by atoms with van der Waals surface area (Å²) in [6.07, 6.45) is 1.05. The van der Waals surface area contributed by atoms with Gasteiger partial charge in [-0.05, 0) is 57.4 Å². The number of nitrogens with zero attached hydrogens (tertiary/aromatic N) is 1. The van der Waals surface area contributed by atoms with Crippen LogP contribution in [0.25, 0.3) is 0 Å². The Morgan fingerprint density at radius 1 is 0.923 bits per heavy atom. The summed E-state index contributed by atoms with van der Waals surface area (Å²) in [5.41, 5.74) is 3.63. The minimum Gasteiger partial charge on any atom is -0.463 e. The standard InChI is InChI=1S/C23H31NO2/c1-18(2)24(19(3)4)14-13-23(21-10-6-5-7-11-21)22-12-8-9-20(15-22)16-26-17-25/h5-12,15,17-19,23H,13-14,16H2,1-4H3. The Bertz CT molecular complexity index is 659. The van der Waals surface area contributed by atoms with Crippen molar-refractivity contribution in [2.75, 3.05) is 6.54 Å². The largest absolute Gasteiger partial charge is 0.463 e. The number of hydrogen-bond donors (Lipinski definition) is 0. The highest BCUT2D eigenvalue weighted by molar-refractivity contribution is 5.38. The van der Waals surface area contributed by atoms with Gasteiger partial charge in [-0.15, -0.1) is 0 Å². The minimum absolute atomic E-state index is 0.322. The zero-order valence-electron chi connectivity index (χ0n) is 16.4. The van der Waals surface area contributed by atoms with Crippen molar-refractivity contribution in [1.82, 2.24) is 4.90 Å². The van der Waals surface area contributed by atoms with Gasteiger partial charge in [-0.1, -0.05) is 54.6 Å². The van der Waals surface area contributed by atoms with Gasteiger partial charge in [0.25, 0.3) is 6.47 Å². The van der Waals surface area contributed by atoms with E-state index in [1.165, 1.54) is 11.1 Å². The summed E-state index contributed by atoms with van der Waals surface area (Å²) >= 11 is 0. The second-order valence-corrected chi connectivity index (χ2v) is 7.33. The quantitative estimate of drug-likeness (QED) is 0.563. The van der Waals surface area contributed by atoms with Crippen molar-refractivity contribution >= 4 is 6.47 Å². The fourth-order valence-electron chi connectivity index (χ4n) is 3.63. The molecule has 140 valence electrons. The van der Waals surface area contributed by atoms with E-state index in [4.69, 9.17) is 4.74 Å². The molecular weight excluding hydrogens is 322 g/mol. The second-order valence-electron chi connectivity index (χ2n) is 7.33. The molecular formula is C23H31NO2. The molecule has 0 spiro atoms. The minimum atomic E-state index is 0.322. The summed E-state index contributed by atoms with van der Waals surface area (Å²) in [6.45, 7) is 10.9. The lowest BCUT2D eigenvalue weighted by molar-refractivity contribution is -0.129. The predicted molar refractivity (Wildman–Crippen MR) is 107 cm³/mol. The topological polar surface area (TPSA) is 29.5 Å². The van der Waals surface area contributed by atoms with Crippen molar-refractivity contribution in [1.29, 1.82) is 0 Å². The number of ether oxygens (including phenoxy) is 1. The first-order valence-corrected chi connectivity index (χ1v) is 9.47. The summed E-state index contributed by atoms with van der Waals surface area (Å²) in [5.74, 6) is 0.326. The average molecular weight is 354 g/mol. The zero-order valence-corrected chi connectivity index (χ0v) is 16.4. The molecule has 26 heavy (non-hydrogen) atoms. The van der Waals surface area contributed by atoms with Crippen molar-refractivity contribution in [3.8, 4) is 0 Å². The van der Waals surface area contributed by atoms with Crippen LogP contribution in [0.5, 0.6) is 0 Å². The predicted octanol–water partition coefficient (Wildman–Crippen LogP) is 5.00. The molecule has 0 amide bonds. The summed E-state index contributed by atoms with van der Waals surface area (Å²) in [4.78, 5) is 13.0. The van der Waals surface area contributed by atoms with Crippen LogP contribution in [-0.2, 0) is 16.1 Å². The second kappa shape index (κ2) is 10.1. The molecule has 0 saturated heterocycles. The van der Waals surface area contributed by atoms with Crippen LogP contribution in [0.1, 0.15) is 56.7 Å². The molecule has 1 unspecified atom stereocenters. The Labute approximate surface area is 158 Å². The normalized spacial score (nSPS) is 12.6. The van der Waals surface area contributed by atoms with Crippen LogP contribution in [0.2, 0.25) is 0 Å². The fraction of sp³-hybridized carbons (Fsp3) is 0.435. The van der Waals surface area contributed by atoms with Gasteiger partial charge in [0.1, 0.15) is 6.61 Å². The number of carbonyl (C=O) groups excluding carboxylic acids is 1. The number of benzene rings is 2. The Morgan fingerprint density at radius 2 is 1.58 bits per heavy atom. The number of carbonyl (C=O) groups is 1. The third-order valence-electron chi connectivity index (χ3n) is 4.88. The maximum atomic E-state index is 10.5. The van der Waals surface area contributed by atoms with E-state index >= 15 is 0 Å².